The van der Waals surface area contributed by atoms with Gasteiger partial charge in [0.1, 0.15) is 6.10 Å². The molecular formula is C17H34N2O6S. The molecular weight excluding hydrogens is 360 g/mol. The molecule has 4 unspecified atom stereocenters. The summed E-state index contributed by atoms with van der Waals surface area (Å²) in [6.45, 7) is 4.23. The van der Waals surface area contributed by atoms with E-state index in [0.29, 0.717) is 6.54 Å². The Hall–Kier alpha value is -0.260. The quantitative estimate of drug-likeness (QED) is 0.246. The third kappa shape index (κ3) is 7.05. The van der Waals surface area contributed by atoms with Crippen LogP contribution in [0.25, 0.3) is 0 Å². The van der Waals surface area contributed by atoms with Crippen molar-refractivity contribution in [3.63, 3.8) is 0 Å². The highest BCUT2D eigenvalue weighted by molar-refractivity contribution is 8.13. The first-order chi connectivity index (χ1) is 12.2. The molecule has 0 spiro atoms. The number of hydrogen-bond donors (Lipinski definition) is 6. The molecule has 0 aromatic heterocycles. The van der Waals surface area contributed by atoms with Crippen LogP contribution in [0.5, 0.6) is 0 Å². The molecule has 9 heteroatoms. The second-order valence-corrected chi connectivity index (χ2v) is 7.91. The Morgan fingerprint density at radius 3 is 2.62 bits per heavy atom. The minimum Gasteiger partial charge on any atom is -0.396 e. The van der Waals surface area contributed by atoms with Crippen molar-refractivity contribution in [1.82, 2.24) is 10.6 Å². The Labute approximate surface area is 159 Å². The third-order valence-electron chi connectivity index (χ3n) is 4.55. The molecule has 0 radical (unpaired) electrons. The van der Waals surface area contributed by atoms with E-state index in [0.717, 1.165) is 19.3 Å². The number of aliphatic hydroxyl groups excluding tert-OH is 3. The highest BCUT2D eigenvalue weighted by Crippen LogP contribution is 2.26. The lowest BCUT2D eigenvalue weighted by Gasteiger charge is -2.42. The molecule has 0 aliphatic carbocycles. The zero-order valence-corrected chi connectivity index (χ0v) is 16.7. The predicted molar refractivity (Wildman–Crippen MR) is 101 cm³/mol. The van der Waals surface area contributed by atoms with Crippen LogP contribution < -0.4 is 10.6 Å². The maximum atomic E-state index is 11.9. The third-order valence-corrected chi connectivity index (χ3v) is 5.23. The summed E-state index contributed by atoms with van der Waals surface area (Å²) in [4.78, 5) is 11.9. The molecule has 5 atom stereocenters. The smallest absolute Gasteiger partial charge is 0.207 e. The topological polar surface area (TPSA) is 131 Å². The van der Waals surface area contributed by atoms with Crippen molar-refractivity contribution in [2.75, 3.05) is 32.6 Å². The number of hydrogen-bond acceptors (Lipinski definition) is 9. The van der Waals surface area contributed by atoms with E-state index in [2.05, 4.69) is 10.6 Å². The summed E-state index contributed by atoms with van der Waals surface area (Å²) in [6.07, 6.45) is 1.43. The Morgan fingerprint density at radius 1 is 1.35 bits per heavy atom. The minimum absolute atomic E-state index is 0.0216. The molecule has 154 valence electrons. The van der Waals surface area contributed by atoms with Crippen molar-refractivity contribution in [3.05, 3.63) is 0 Å². The van der Waals surface area contributed by atoms with Crippen molar-refractivity contribution in [3.8, 4) is 0 Å². The molecule has 6 N–H and O–H groups in total. The molecule has 0 aromatic carbocycles. The molecule has 1 aliphatic heterocycles. The Bertz CT molecular complexity index is 428. The number of carbonyl (C=O) groups excluding carboxylic acids is 1. The van der Waals surface area contributed by atoms with E-state index in [1.54, 1.807) is 6.26 Å². The average molecular weight is 395 g/mol. The summed E-state index contributed by atoms with van der Waals surface area (Å²) in [5, 5.41) is 45.8. The zero-order valence-electron chi connectivity index (χ0n) is 15.9. The maximum absolute atomic E-state index is 11.9. The van der Waals surface area contributed by atoms with Crippen molar-refractivity contribution < 1.29 is 30.0 Å². The van der Waals surface area contributed by atoms with Crippen LogP contribution >= 0.6 is 11.8 Å². The molecule has 1 fully saturated rings. The van der Waals surface area contributed by atoms with Gasteiger partial charge in [-0.3, -0.25) is 4.79 Å². The fourth-order valence-electron chi connectivity index (χ4n) is 2.96. The first-order valence-electron chi connectivity index (χ1n) is 9.13. The summed E-state index contributed by atoms with van der Waals surface area (Å²) < 4.78 is 5.25. The van der Waals surface area contributed by atoms with E-state index in [-0.39, 0.29) is 37.0 Å². The number of aliphatic hydroxyl groups is 4. The number of thioether (sulfide) groups is 1. The van der Waals surface area contributed by atoms with Crippen LogP contribution in [-0.2, 0) is 9.53 Å². The number of ether oxygens (including phenoxy) is 1. The second kappa shape index (κ2) is 11.6. The summed E-state index contributed by atoms with van der Waals surface area (Å²) in [5.41, 5.74) is 0. The lowest BCUT2D eigenvalue weighted by atomic mass is 9.90. The van der Waals surface area contributed by atoms with Crippen LogP contribution in [0.4, 0.5) is 0 Å². The highest BCUT2D eigenvalue weighted by atomic mass is 32.2. The molecule has 0 aromatic rings. The van der Waals surface area contributed by atoms with Crippen LogP contribution in [0.3, 0.4) is 0 Å². The molecule has 1 rings (SSSR count). The molecule has 0 amide bonds. The van der Waals surface area contributed by atoms with E-state index < -0.39 is 23.9 Å². The lowest BCUT2D eigenvalue weighted by molar-refractivity contribution is -0.312. The fraction of sp³-hybridized carbons (Fsp3) is 0.941. The Morgan fingerprint density at radius 2 is 2.04 bits per heavy atom. The normalized spacial score (nSPS) is 30.5. The largest absolute Gasteiger partial charge is 0.396 e. The second-order valence-electron chi connectivity index (χ2n) is 7.10. The van der Waals surface area contributed by atoms with Gasteiger partial charge in [-0.25, -0.2) is 0 Å². The van der Waals surface area contributed by atoms with Gasteiger partial charge in [-0.2, -0.15) is 0 Å². The van der Waals surface area contributed by atoms with E-state index in [4.69, 9.17) is 9.84 Å². The molecule has 1 aliphatic rings. The summed E-state index contributed by atoms with van der Waals surface area (Å²) in [7, 11) is 0. The van der Waals surface area contributed by atoms with E-state index >= 15 is 0 Å². The molecule has 26 heavy (non-hydrogen) atoms. The summed E-state index contributed by atoms with van der Waals surface area (Å²) in [5.74, 6) is -2.48. The van der Waals surface area contributed by atoms with Crippen molar-refractivity contribution in [2.24, 2.45) is 5.92 Å². The SMILES string of the molecule is CSC(=O)[C@H](CCCCNCC1(O)OCC(CO)C(O)C1O)NC(C)C. The molecule has 0 saturated carbocycles. The van der Waals surface area contributed by atoms with Gasteiger partial charge < -0.3 is 35.8 Å². The van der Waals surface area contributed by atoms with Gasteiger partial charge in [-0.05, 0) is 25.6 Å². The van der Waals surface area contributed by atoms with Gasteiger partial charge >= 0.3 is 0 Å². The van der Waals surface area contributed by atoms with Gasteiger partial charge in [0.25, 0.3) is 0 Å². The van der Waals surface area contributed by atoms with Gasteiger partial charge in [0, 0.05) is 12.0 Å². The van der Waals surface area contributed by atoms with E-state index in [1.807, 2.05) is 13.8 Å². The monoisotopic (exact) mass is 394 g/mol. The molecule has 0 bridgehead atoms. The number of nitrogens with one attached hydrogen (secondary N) is 2. The Kier molecular flexibility index (Phi) is 10.6. The highest BCUT2D eigenvalue weighted by Gasteiger charge is 2.48. The number of carbonyl (C=O) groups is 1. The average Bonchev–Trinajstić information content (AvgIpc) is 2.61. The van der Waals surface area contributed by atoms with Crippen LogP contribution in [0.2, 0.25) is 0 Å². The van der Waals surface area contributed by atoms with Crippen LogP contribution in [0, 0.1) is 5.92 Å². The summed E-state index contributed by atoms with van der Waals surface area (Å²) >= 11 is 1.23. The zero-order chi connectivity index (χ0) is 19.7. The van der Waals surface area contributed by atoms with Crippen molar-refractivity contribution in [2.45, 2.75) is 63.2 Å². The number of rotatable bonds is 11. The predicted octanol–water partition coefficient (Wildman–Crippen LogP) is -0.948. The van der Waals surface area contributed by atoms with Crippen molar-refractivity contribution >= 4 is 16.9 Å². The van der Waals surface area contributed by atoms with Gasteiger partial charge in [0.2, 0.25) is 10.9 Å². The minimum atomic E-state index is -1.87. The van der Waals surface area contributed by atoms with Gasteiger partial charge in [0.05, 0.1) is 31.9 Å². The van der Waals surface area contributed by atoms with Crippen LogP contribution in [-0.4, -0.2) is 88.2 Å². The van der Waals surface area contributed by atoms with Crippen molar-refractivity contribution in [1.29, 1.82) is 0 Å². The Balaban J connectivity index is 2.30. The van der Waals surface area contributed by atoms with E-state index in [9.17, 15) is 20.1 Å². The fourth-order valence-corrected chi connectivity index (χ4v) is 3.43. The standard InChI is InChI=1S/C17H34N2O6S/c1-11(2)19-13(16(23)26-3)6-4-5-7-18-10-17(24)15(22)14(21)12(8-20)9-25-17/h11-15,18-22,24H,4-10H2,1-3H3/t12?,13-,14?,15?,17?/m0/s1. The van der Waals surface area contributed by atoms with Gasteiger partial charge in [0.15, 0.2) is 0 Å². The van der Waals surface area contributed by atoms with E-state index in [1.165, 1.54) is 11.8 Å². The molecule has 8 nitrogen and oxygen atoms in total. The first kappa shape index (κ1) is 23.8. The molecule has 1 saturated heterocycles. The number of unbranched alkanes of at least 4 members (excludes halogenated alkanes) is 1. The van der Waals surface area contributed by atoms with Crippen LogP contribution in [0.1, 0.15) is 33.1 Å². The molecule has 1 heterocycles. The lowest BCUT2D eigenvalue weighted by Crippen LogP contribution is -2.63. The van der Waals surface area contributed by atoms with Gasteiger partial charge in [-0.1, -0.05) is 32.0 Å². The summed E-state index contributed by atoms with van der Waals surface area (Å²) in [6, 6.07) is 0.0748. The first-order valence-corrected chi connectivity index (χ1v) is 10.4. The maximum Gasteiger partial charge on any atom is 0.207 e. The van der Waals surface area contributed by atoms with Crippen LogP contribution in [0.15, 0.2) is 0 Å². The van der Waals surface area contributed by atoms with Gasteiger partial charge in [-0.15, -0.1) is 0 Å².